The molecule has 2 N–H and O–H groups in total. The summed E-state index contributed by atoms with van der Waals surface area (Å²) in [7, 11) is 0. The van der Waals surface area contributed by atoms with Gasteiger partial charge in [-0.05, 0) is 30.0 Å². The highest BCUT2D eigenvalue weighted by molar-refractivity contribution is 7.12. The summed E-state index contributed by atoms with van der Waals surface area (Å²) in [6.45, 7) is 2.04. The van der Waals surface area contributed by atoms with Crippen molar-refractivity contribution in [2.24, 2.45) is 15.7 Å². The molecule has 3 aromatic heterocycles. The largest absolute Gasteiger partial charge is 0.385 e. The Morgan fingerprint density at radius 2 is 2.13 bits per heavy atom. The van der Waals surface area contributed by atoms with Crippen LogP contribution in [0.5, 0.6) is 0 Å². The van der Waals surface area contributed by atoms with E-state index in [1.165, 1.54) is 11.3 Å². The number of aromatic nitrogens is 2. The second-order valence-corrected chi connectivity index (χ2v) is 6.99. The van der Waals surface area contributed by atoms with Gasteiger partial charge >= 0.3 is 0 Å². The number of amidine groups is 1. The van der Waals surface area contributed by atoms with E-state index in [9.17, 15) is 0 Å². The molecule has 0 spiro atoms. The van der Waals surface area contributed by atoms with Crippen LogP contribution in [0.2, 0.25) is 0 Å². The molecular formula is C16H13N5S2. The van der Waals surface area contributed by atoms with E-state index in [1.807, 2.05) is 24.4 Å². The number of aliphatic imine (C=N–C) groups is 2. The molecule has 4 heterocycles. The molecule has 0 saturated carbocycles. The van der Waals surface area contributed by atoms with Crippen LogP contribution in [0.25, 0.3) is 0 Å². The van der Waals surface area contributed by atoms with Gasteiger partial charge in [-0.1, -0.05) is 6.07 Å². The fourth-order valence-electron chi connectivity index (χ4n) is 2.53. The van der Waals surface area contributed by atoms with Crippen LogP contribution in [0.3, 0.4) is 0 Å². The maximum Gasteiger partial charge on any atom is 0.163 e. The van der Waals surface area contributed by atoms with Gasteiger partial charge in [-0.15, -0.1) is 22.7 Å². The average Bonchev–Trinajstić information content (AvgIpc) is 3.21. The van der Waals surface area contributed by atoms with Crippen molar-refractivity contribution in [3.63, 3.8) is 0 Å². The highest BCUT2D eigenvalue weighted by Crippen LogP contribution is 2.33. The van der Waals surface area contributed by atoms with Crippen LogP contribution < -0.4 is 5.73 Å². The molecule has 7 heteroatoms. The van der Waals surface area contributed by atoms with Crippen LogP contribution >= 0.6 is 22.7 Å². The molecule has 0 radical (unpaired) electrons. The van der Waals surface area contributed by atoms with E-state index in [1.54, 1.807) is 29.2 Å². The van der Waals surface area contributed by atoms with Crippen LogP contribution in [-0.4, -0.2) is 21.5 Å². The van der Waals surface area contributed by atoms with Crippen LogP contribution in [0, 0.1) is 6.92 Å². The summed E-state index contributed by atoms with van der Waals surface area (Å²) in [5.41, 5.74) is 10.9. The molecule has 1 aliphatic rings. The maximum absolute atomic E-state index is 6.24. The number of hydrogen-bond donors (Lipinski definition) is 1. The highest BCUT2D eigenvalue weighted by atomic mass is 32.1. The third kappa shape index (κ3) is 2.47. The van der Waals surface area contributed by atoms with Gasteiger partial charge in [0.2, 0.25) is 0 Å². The second kappa shape index (κ2) is 5.68. The quantitative estimate of drug-likeness (QED) is 0.776. The zero-order chi connectivity index (χ0) is 15.8. The number of nitrogens with two attached hydrogens (primary N) is 1. The van der Waals surface area contributed by atoms with E-state index in [-0.39, 0.29) is 6.04 Å². The predicted molar refractivity (Wildman–Crippen MR) is 95.1 cm³/mol. The van der Waals surface area contributed by atoms with Crippen molar-refractivity contribution in [3.8, 4) is 0 Å². The van der Waals surface area contributed by atoms with Gasteiger partial charge in [0.05, 0.1) is 21.0 Å². The second-order valence-electron chi connectivity index (χ2n) is 5.12. The molecule has 0 amide bonds. The molecule has 1 aliphatic heterocycles. The molecule has 3 aromatic rings. The van der Waals surface area contributed by atoms with Crippen molar-refractivity contribution < 1.29 is 0 Å². The van der Waals surface area contributed by atoms with E-state index in [4.69, 9.17) is 10.7 Å². The molecular weight excluding hydrogens is 326 g/mol. The van der Waals surface area contributed by atoms with Crippen molar-refractivity contribution in [3.05, 3.63) is 62.4 Å². The first kappa shape index (κ1) is 14.2. The highest BCUT2D eigenvalue weighted by Gasteiger charge is 2.26. The first-order valence-electron chi connectivity index (χ1n) is 7.04. The van der Waals surface area contributed by atoms with Gasteiger partial charge in [0.1, 0.15) is 11.9 Å². The molecule has 4 rings (SSSR count). The smallest absolute Gasteiger partial charge is 0.163 e. The lowest BCUT2D eigenvalue weighted by molar-refractivity contribution is 0.972. The lowest BCUT2D eigenvalue weighted by Gasteiger charge is -2.10. The summed E-state index contributed by atoms with van der Waals surface area (Å²) in [4.78, 5) is 20.1. The van der Waals surface area contributed by atoms with Crippen LogP contribution in [0.4, 0.5) is 5.82 Å². The summed E-state index contributed by atoms with van der Waals surface area (Å²) >= 11 is 3.18. The summed E-state index contributed by atoms with van der Waals surface area (Å²) < 4.78 is 0. The van der Waals surface area contributed by atoms with Crippen molar-refractivity contribution in [2.45, 2.75) is 13.0 Å². The van der Waals surface area contributed by atoms with Crippen molar-refractivity contribution >= 4 is 40.0 Å². The van der Waals surface area contributed by atoms with E-state index in [0.29, 0.717) is 11.7 Å². The normalized spacial score (nSPS) is 17.2. The van der Waals surface area contributed by atoms with Crippen molar-refractivity contribution in [2.75, 3.05) is 0 Å². The van der Waals surface area contributed by atoms with Crippen LogP contribution in [0.15, 0.2) is 51.5 Å². The Hall–Kier alpha value is -2.38. The van der Waals surface area contributed by atoms with Crippen LogP contribution in [0.1, 0.15) is 26.9 Å². The zero-order valence-corrected chi connectivity index (χ0v) is 13.9. The van der Waals surface area contributed by atoms with Gasteiger partial charge in [-0.2, -0.15) is 0 Å². The fraction of sp³-hybridized carbons (Fsp3) is 0.125. The molecule has 23 heavy (non-hydrogen) atoms. The topological polar surface area (TPSA) is 76.5 Å². The number of rotatable bonds is 2. The summed E-state index contributed by atoms with van der Waals surface area (Å²) in [5.74, 6) is 1.07. The average molecular weight is 339 g/mol. The van der Waals surface area contributed by atoms with E-state index in [0.717, 1.165) is 26.6 Å². The number of hydrogen-bond acceptors (Lipinski definition) is 7. The number of fused-ring (bicyclic) bond motifs is 1. The van der Waals surface area contributed by atoms with Gasteiger partial charge in [0, 0.05) is 18.0 Å². The van der Waals surface area contributed by atoms with Crippen molar-refractivity contribution in [1.82, 2.24) is 9.97 Å². The minimum absolute atomic E-state index is 0.326. The first-order chi connectivity index (χ1) is 11.2. The van der Waals surface area contributed by atoms with E-state index < -0.39 is 0 Å². The van der Waals surface area contributed by atoms with Gasteiger partial charge in [-0.25, -0.2) is 9.98 Å². The maximum atomic E-state index is 6.24. The molecule has 1 unspecified atom stereocenters. The van der Waals surface area contributed by atoms with Gasteiger partial charge in [0.15, 0.2) is 5.82 Å². The number of thiophene rings is 1. The number of thiazole rings is 1. The molecule has 114 valence electrons. The lowest BCUT2D eigenvalue weighted by atomic mass is 10.0. The summed E-state index contributed by atoms with van der Waals surface area (Å²) in [5, 5.41) is 2.04. The van der Waals surface area contributed by atoms with Gasteiger partial charge in [-0.3, -0.25) is 9.98 Å². The van der Waals surface area contributed by atoms with E-state index >= 15 is 0 Å². The van der Waals surface area contributed by atoms with Crippen LogP contribution in [-0.2, 0) is 0 Å². The first-order valence-corrected chi connectivity index (χ1v) is 8.80. The lowest BCUT2D eigenvalue weighted by Crippen LogP contribution is -2.19. The predicted octanol–water partition coefficient (Wildman–Crippen LogP) is 3.49. The summed E-state index contributed by atoms with van der Waals surface area (Å²) in [6.07, 6.45) is 3.55. The minimum atomic E-state index is -0.326. The molecule has 5 nitrogen and oxygen atoms in total. The molecule has 0 aromatic carbocycles. The zero-order valence-electron chi connectivity index (χ0n) is 12.3. The molecule has 0 saturated heterocycles. The van der Waals surface area contributed by atoms with E-state index in [2.05, 4.69) is 21.0 Å². The van der Waals surface area contributed by atoms with Gasteiger partial charge < -0.3 is 5.73 Å². The third-order valence-electron chi connectivity index (χ3n) is 3.62. The molecule has 0 bridgehead atoms. The number of nitrogens with zero attached hydrogens (tertiary/aromatic N) is 4. The Balaban J connectivity index is 1.99. The van der Waals surface area contributed by atoms with Gasteiger partial charge in [0.25, 0.3) is 0 Å². The Bertz CT molecular complexity index is 895. The number of aryl methyl sites for hydroxylation is 1. The monoisotopic (exact) mass is 339 g/mol. The van der Waals surface area contributed by atoms with Crippen molar-refractivity contribution in [1.29, 1.82) is 0 Å². The molecule has 0 aliphatic carbocycles. The number of pyridine rings is 1. The summed E-state index contributed by atoms with van der Waals surface area (Å²) in [6, 6.07) is 5.73. The third-order valence-corrected chi connectivity index (χ3v) is 5.33. The fourth-order valence-corrected chi connectivity index (χ4v) is 3.93. The Morgan fingerprint density at radius 3 is 2.87 bits per heavy atom. The standard InChI is InChI=1S/C16H13N5S2/c1-9-4-5-19-16-12(9)13(10-3-2-6-22-10)20-14(15(17)21-16)11-7-18-8-23-11/h2-8,14H,1H3,(H2,17,19,21). The Labute approximate surface area is 141 Å². The molecule has 0 fully saturated rings. The Morgan fingerprint density at radius 1 is 1.22 bits per heavy atom. The Kier molecular flexibility index (Phi) is 3.51. The SMILES string of the molecule is Cc1ccnc2c1C(c1cccs1)=NC(c1cncs1)C(N)=N2. The molecule has 1 atom stereocenters. The minimum Gasteiger partial charge on any atom is -0.385 e.